The van der Waals surface area contributed by atoms with Gasteiger partial charge in [-0.3, -0.25) is 9.00 Å². The molecule has 0 saturated carbocycles. The lowest BCUT2D eigenvalue weighted by molar-refractivity contribution is 0.0953. The van der Waals surface area contributed by atoms with Crippen LogP contribution in [0.2, 0.25) is 0 Å². The Balaban J connectivity index is 2.50. The molecule has 0 aromatic heterocycles. The Hall–Kier alpha value is -0.680. The van der Waals surface area contributed by atoms with Gasteiger partial charge in [0.25, 0.3) is 5.91 Å². The highest BCUT2D eigenvalue weighted by atomic mass is 79.9. The van der Waals surface area contributed by atoms with Crippen molar-refractivity contribution in [3.05, 3.63) is 33.8 Å². The number of hydrogen-bond donors (Lipinski definition) is 1. The number of carbonyl (C=O) groups is 1. The van der Waals surface area contributed by atoms with E-state index in [2.05, 4.69) is 21.2 Å². The Morgan fingerprint density at radius 3 is 2.72 bits per heavy atom. The van der Waals surface area contributed by atoms with E-state index in [0.717, 1.165) is 16.5 Å². The van der Waals surface area contributed by atoms with Crippen LogP contribution in [-0.4, -0.2) is 28.2 Å². The van der Waals surface area contributed by atoms with Gasteiger partial charge < -0.3 is 5.32 Å². The molecule has 100 valence electrons. The van der Waals surface area contributed by atoms with E-state index in [9.17, 15) is 9.00 Å². The van der Waals surface area contributed by atoms with E-state index in [0.29, 0.717) is 12.1 Å². The summed E-state index contributed by atoms with van der Waals surface area (Å²) in [5.41, 5.74) is 1.74. The fraction of sp³-hybridized carbons (Fsp3) is 0.462. The summed E-state index contributed by atoms with van der Waals surface area (Å²) in [6.45, 7) is 4.44. The molecule has 5 heteroatoms. The van der Waals surface area contributed by atoms with Gasteiger partial charge in [0.1, 0.15) is 0 Å². The van der Waals surface area contributed by atoms with Gasteiger partial charge in [0.05, 0.1) is 0 Å². The normalized spacial score (nSPS) is 14.0. The molecule has 2 unspecified atom stereocenters. The van der Waals surface area contributed by atoms with Crippen LogP contribution in [0.3, 0.4) is 0 Å². The summed E-state index contributed by atoms with van der Waals surface area (Å²) in [5.74, 6) is -0.0928. The molecule has 1 aromatic rings. The van der Waals surface area contributed by atoms with E-state index in [1.165, 1.54) is 0 Å². The molecule has 3 nitrogen and oxygen atoms in total. The number of carbonyl (C=O) groups excluding carboxylic acids is 1. The molecule has 0 aliphatic carbocycles. The van der Waals surface area contributed by atoms with Crippen LogP contribution in [0.4, 0.5) is 0 Å². The lowest BCUT2D eigenvalue weighted by atomic mass is 10.1. The second kappa shape index (κ2) is 7.04. The summed E-state index contributed by atoms with van der Waals surface area (Å²) in [7, 11) is -0.835. The van der Waals surface area contributed by atoms with Crippen LogP contribution in [0.15, 0.2) is 22.7 Å². The molecule has 1 rings (SSSR count). The third-order valence-electron chi connectivity index (χ3n) is 2.84. The van der Waals surface area contributed by atoms with Gasteiger partial charge in [0, 0.05) is 38.9 Å². The Morgan fingerprint density at radius 2 is 2.17 bits per heavy atom. The molecule has 1 aromatic carbocycles. The molecular weight excluding hydrogens is 314 g/mol. The molecule has 0 bridgehead atoms. The fourth-order valence-electron chi connectivity index (χ4n) is 1.39. The van der Waals surface area contributed by atoms with Crippen molar-refractivity contribution < 1.29 is 9.00 Å². The maximum atomic E-state index is 11.9. The van der Waals surface area contributed by atoms with Crippen molar-refractivity contribution >= 4 is 32.6 Å². The summed E-state index contributed by atoms with van der Waals surface area (Å²) in [5, 5.41) is 2.94. The van der Waals surface area contributed by atoms with Gasteiger partial charge in [0.2, 0.25) is 0 Å². The number of hydrogen-bond acceptors (Lipinski definition) is 2. The maximum Gasteiger partial charge on any atom is 0.251 e. The van der Waals surface area contributed by atoms with E-state index in [-0.39, 0.29) is 11.2 Å². The van der Waals surface area contributed by atoms with E-state index in [1.54, 1.807) is 12.3 Å². The van der Waals surface area contributed by atoms with Crippen molar-refractivity contribution in [1.29, 1.82) is 0 Å². The third kappa shape index (κ3) is 4.53. The lowest BCUT2D eigenvalue weighted by Gasteiger charge is -2.09. The molecule has 0 heterocycles. The summed E-state index contributed by atoms with van der Waals surface area (Å²) >= 11 is 3.40. The number of benzene rings is 1. The monoisotopic (exact) mass is 331 g/mol. The molecule has 1 N–H and O–H groups in total. The Morgan fingerprint density at radius 1 is 1.50 bits per heavy atom. The molecule has 0 fully saturated rings. The zero-order chi connectivity index (χ0) is 13.7. The molecule has 0 radical (unpaired) electrons. The number of halogens is 1. The summed E-state index contributed by atoms with van der Waals surface area (Å²) < 4.78 is 12.1. The highest BCUT2D eigenvalue weighted by molar-refractivity contribution is 9.10. The van der Waals surface area contributed by atoms with E-state index < -0.39 is 10.8 Å². The van der Waals surface area contributed by atoms with Gasteiger partial charge in [-0.2, -0.15) is 0 Å². The van der Waals surface area contributed by atoms with E-state index in [4.69, 9.17) is 0 Å². The zero-order valence-electron chi connectivity index (χ0n) is 10.8. The van der Waals surface area contributed by atoms with Crippen molar-refractivity contribution in [3.8, 4) is 0 Å². The van der Waals surface area contributed by atoms with Gasteiger partial charge in [-0.1, -0.05) is 28.9 Å². The fourth-order valence-corrected chi connectivity index (χ4v) is 2.22. The Kier molecular flexibility index (Phi) is 6.02. The first-order valence-electron chi connectivity index (χ1n) is 5.78. The predicted octanol–water partition coefficient (Wildman–Crippen LogP) is 2.64. The molecule has 0 aliphatic heterocycles. The molecule has 1 amide bonds. The summed E-state index contributed by atoms with van der Waals surface area (Å²) in [4.78, 5) is 11.9. The van der Waals surface area contributed by atoms with Crippen molar-refractivity contribution in [2.75, 3.05) is 12.8 Å². The quantitative estimate of drug-likeness (QED) is 0.901. The highest BCUT2D eigenvalue weighted by Crippen LogP contribution is 2.17. The number of aryl methyl sites for hydroxylation is 1. The van der Waals surface area contributed by atoms with Gasteiger partial charge >= 0.3 is 0 Å². The molecule has 0 aliphatic rings. The minimum atomic E-state index is -0.835. The average Bonchev–Trinajstić information content (AvgIpc) is 2.32. The van der Waals surface area contributed by atoms with Crippen molar-refractivity contribution in [1.82, 2.24) is 5.32 Å². The van der Waals surface area contributed by atoms with Crippen LogP contribution >= 0.6 is 15.9 Å². The summed E-state index contributed by atoms with van der Waals surface area (Å²) in [6.07, 6.45) is 2.41. The van der Waals surface area contributed by atoms with E-state index in [1.807, 2.05) is 26.0 Å². The van der Waals surface area contributed by atoms with Crippen LogP contribution in [0.1, 0.15) is 29.3 Å². The topological polar surface area (TPSA) is 46.2 Å². The minimum Gasteiger partial charge on any atom is -0.352 e. The Labute approximate surface area is 119 Å². The van der Waals surface area contributed by atoms with E-state index >= 15 is 0 Å². The van der Waals surface area contributed by atoms with Crippen molar-refractivity contribution in [2.24, 2.45) is 0 Å². The first-order chi connectivity index (χ1) is 8.41. The van der Waals surface area contributed by atoms with Crippen LogP contribution < -0.4 is 5.32 Å². The van der Waals surface area contributed by atoms with Crippen LogP contribution in [0.5, 0.6) is 0 Å². The molecule has 2 atom stereocenters. The van der Waals surface area contributed by atoms with Crippen LogP contribution in [0, 0.1) is 6.92 Å². The SMILES string of the molecule is Cc1ccc(C(=O)NCCC(C)S(C)=O)cc1Br. The average molecular weight is 332 g/mol. The second-order valence-corrected chi connectivity index (χ2v) is 6.97. The summed E-state index contributed by atoms with van der Waals surface area (Å²) in [6, 6.07) is 5.52. The Bertz CT molecular complexity index is 462. The van der Waals surface area contributed by atoms with Crippen LogP contribution in [0.25, 0.3) is 0 Å². The maximum absolute atomic E-state index is 11.9. The predicted molar refractivity (Wildman–Crippen MR) is 79.4 cm³/mol. The standard InChI is InChI=1S/C13H18BrNO2S/c1-9-4-5-11(8-12(9)14)13(16)15-7-6-10(2)18(3)17/h4-5,8,10H,6-7H2,1-3H3,(H,15,16). The number of amides is 1. The zero-order valence-corrected chi connectivity index (χ0v) is 13.2. The third-order valence-corrected chi connectivity index (χ3v) is 5.06. The first kappa shape index (κ1) is 15.4. The molecule has 18 heavy (non-hydrogen) atoms. The van der Waals surface area contributed by atoms with Crippen molar-refractivity contribution in [2.45, 2.75) is 25.5 Å². The van der Waals surface area contributed by atoms with Gasteiger partial charge in [-0.25, -0.2) is 0 Å². The van der Waals surface area contributed by atoms with Gasteiger partial charge in [-0.05, 0) is 31.0 Å². The van der Waals surface area contributed by atoms with Gasteiger partial charge in [-0.15, -0.1) is 0 Å². The number of rotatable bonds is 5. The first-order valence-corrected chi connectivity index (χ1v) is 8.20. The molecule has 0 spiro atoms. The molecular formula is C13H18BrNO2S. The molecule has 0 saturated heterocycles. The van der Waals surface area contributed by atoms with Crippen LogP contribution in [-0.2, 0) is 10.8 Å². The number of nitrogens with one attached hydrogen (secondary N) is 1. The van der Waals surface area contributed by atoms with Crippen molar-refractivity contribution in [3.63, 3.8) is 0 Å². The smallest absolute Gasteiger partial charge is 0.251 e. The second-order valence-electron chi connectivity index (χ2n) is 4.32. The largest absolute Gasteiger partial charge is 0.352 e. The highest BCUT2D eigenvalue weighted by Gasteiger charge is 2.09. The van der Waals surface area contributed by atoms with Gasteiger partial charge in [0.15, 0.2) is 0 Å². The lowest BCUT2D eigenvalue weighted by Crippen LogP contribution is -2.27. The minimum absolute atomic E-state index is 0.0928.